The van der Waals surface area contributed by atoms with Crippen LogP contribution in [0.5, 0.6) is 5.88 Å². The van der Waals surface area contributed by atoms with E-state index < -0.39 is 0 Å². The van der Waals surface area contributed by atoms with E-state index in [0.717, 1.165) is 5.56 Å². The zero-order chi connectivity index (χ0) is 12.1. The lowest BCUT2D eigenvalue weighted by atomic mass is 10.2. The van der Waals surface area contributed by atoms with Gasteiger partial charge in [0.15, 0.2) is 5.82 Å². The molecule has 0 unspecified atom stereocenters. The molecule has 2 aromatic rings. The van der Waals surface area contributed by atoms with Gasteiger partial charge in [-0.1, -0.05) is 30.3 Å². The highest BCUT2D eigenvalue weighted by Gasteiger charge is 2.07. The van der Waals surface area contributed by atoms with Gasteiger partial charge in [0.05, 0.1) is 7.11 Å². The highest BCUT2D eigenvalue weighted by Crippen LogP contribution is 2.24. The Morgan fingerprint density at radius 2 is 2.00 bits per heavy atom. The smallest absolute Gasteiger partial charge is 0.242 e. The summed E-state index contributed by atoms with van der Waals surface area (Å²) in [5.41, 5.74) is 7.42. The van der Waals surface area contributed by atoms with Crippen molar-refractivity contribution in [2.75, 3.05) is 18.2 Å². The molecule has 3 N–H and O–H groups in total. The lowest BCUT2D eigenvalue weighted by Gasteiger charge is -2.09. The highest BCUT2D eigenvalue weighted by molar-refractivity contribution is 5.66. The van der Waals surface area contributed by atoms with E-state index in [1.807, 2.05) is 30.3 Å². The first-order valence-corrected chi connectivity index (χ1v) is 5.23. The van der Waals surface area contributed by atoms with E-state index in [1.165, 1.54) is 13.4 Å². The minimum Gasteiger partial charge on any atom is -0.479 e. The number of aromatic nitrogens is 2. The number of methoxy groups -OCH3 is 1. The molecule has 0 fully saturated rings. The number of rotatable bonds is 4. The number of nitrogens with zero attached hydrogens (tertiary/aromatic N) is 2. The summed E-state index contributed by atoms with van der Waals surface area (Å²) >= 11 is 0. The number of anilines is 2. The van der Waals surface area contributed by atoms with E-state index >= 15 is 0 Å². The number of nitrogens with one attached hydrogen (secondary N) is 1. The second kappa shape index (κ2) is 5.16. The first-order chi connectivity index (χ1) is 8.31. The van der Waals surface area contributed by atoms with Gasteiger partial charge < -0.3 is 15.8 Å². The lowest BCUT2D eigenvalue weighted by molar-refractivity contribution is 0.399. The minimum atomic E-state index is 0.385. The SMILES string of the molecule is COc1ncnc(NCc2ccccc2)c1N. The Morgan fingerprint density at radius 3 is 2.71 bits per heavy atom. The second-order valence-electron chi connectivity index (χ2n) is 3.48. The summed E-state index contributed by atoms with van der Waals surface area (Å²) in [6.45, 7) is 0.658. The average Bonchev–Trinajstić information content (AvgIpc) is 2.39. The third kappa shape index (κ3) is 2.63. The molecule has 0 aliphatic carbocycles. The first kappa shape index (κ1) is 11.2. The molecular formula is C12H14N4O. The Hall–Kier alpha value is -2.30. The summed E-state index contributed by atoms with van der Waals surface area (Å²) < 4.78 is 5.02. The molecule has 0 saturated heterocycles. The van der Waals surface area contributed by atoms with Crippen molar-refractivity contribution < 1.29 is 4.74 Å². The molecule has 0 radical (unpaired) electrons. The molecule has 1 aromatic carbocycles. The predicted octanol–water partition coefficient (Wildman–Crippen LogP) is 1.68. The molecule has 17 heavy (non-hydrogen) atoms. The monoisotopic (exact) mass is 230 g/mol. The summed E-state index contributed by atoms with van der Waals surface area (Å²) in [4.78, 5) is 7.99. The molecule has 0 amide bonds. The highest BCUT2D eigenvalue weighted by atomic mass is 16.5. The van der Waals surface area contributed by atoms with Gasteiger partial charge in [-0.2, -0.15) is 4.98 Å². The van der Waals surface area contributed by atoms with Gasteiger partial charge in [0.25, 0.3) is 0 Å². The van der Waals surface area contributed by atoms with Crippen molar-refractivity contribution in [3.05, 3.63) is 42.2 Å². The van der Waals surface area contributed by atoms with Crippen LogP contribution in [0.25, 0.3) is 0 Å². The van der Waals surface area contributed by atoms with Gasteiger partial charge in [-0.15, -0.1) is 0 Å². The average molecular weight is 230 g/mol. The van der Waals surface area contributed by atoms with Crippen LogP contribution in [0.3, 0.4) is 0 Å². The summed E-state index contributed by atoms with van der Waals surface area (Å²) in [5.74, 6) is 0.969. The van der Waals surface area contributed by atoms with E-state index in [-0.39, 0.29) is 0 Å². The number of ether oxygens (including phenoxy) is 1. The van der Waals surface area contributed by atoms with E-state index in [2.05, 4.69) is 15.3 Å². The van der Waals surface area contributed by atoms with Crippen molar-refractivity contribution in [1.29, 1.82) is 0 Å². The molecule has 88 valence electrons. The van der Waals surface area contributed by atoms with Gasteiger partial charge in [0.2, 0.25) is 5.88 Å². The molecule has 0 aliphatic heterocycles. The van der Waals surface area contributed by atoms with Crippen LogP contribution in [0.4, 0.5) is 11.5 Å². The fraction of sp³-hybridized carbons (Fsp3) is 0.167. The first-order valence-electron chi connectivity index (χ1n) is 5.23. The van der Waals surface area contributed by atoms with Crippen LogP contribution in [0.15, 0.2) is 36.7 Å². The quantitative estimate of drug-likeness (QED) is 0.836. The van der Waals surface area contributed by atoms with Crippen LogP contribution in [-0.2, 0) is 6.54 Å². The third-order valence-corrected chi connectivity index (χ3v) is 2.34. The number of benzene rings is 1. The van der Waals surface area contributed by atoms with E-state index in [1.54, 1.807) is 0 Å². The maximum absolute atomic E-state index is 5.85. The van der Waals surface area contributed by atoms with Gasteiger partial charge in [-0.05, 0) is 5.56 Å². The van der Waals surface area contributed by atoms with Crippen LogP contribution in [0, 0.1) is 0 Å². The van der Waals surface area contributed by atoms with Crippen molar-refractivity contribution in [3.8, 4) is 5.88 Å². The van der Waals surface area contributed by atoms with E-state index in [9.17, 15) is 0 Å². The molecule has 5 nitrogen and oxygen atoms in total. The number of nitrogen functional groups attached to an aromatic ring is 1. The molecule has 0 atom stereocenters. The Kier molecular flexibility index (Phi) is 3.40. The van der Waals surface area contributed by atoms with Crippen LogP contribution in [0.2, 0.25) is 0 Å². The Labute approximate surface area is 99.7 Å². The molecule has 5 heteroatoms. The van der Waals surface area contributed by atoms with Crippen LogP contribution in [-0.4, -0.2) is 17.1 Å². The van der Waals surface area contributed by atoms with Gasteiger partial charge in [0.1, 0.15) is 12.0 Å². The number of nitrogens with two attached hydrogens (primary N) is 1. The molecule has 1 aromatic heterocycles. The maximum Gasteiger partial charge on any atom is 0.242 e. The Morgan fingerprint density at radius 1 is 1.24 bits per heavy atom. The minimum absolute atomic E-state index is 0.385. The number of hydrogen-bond acceptors (Lipinski definition) is 5. The zero-order valence-electron chi connectivity index (χ0n) is 9.55. The Bertz CT molecular complexity index is 487. The summed E-state index contributed by atoms with van der Waals surface area (Å²) in [5, 5.41) is 3.15. The molecule has 1 heterocycles. The van der Waals surface area contributed by atoms with Gasteiger partial charge in [-0.3, -0.25) is 0 Å². The topological polar surface area (TPSA) is 73.1 Å². The van der Waals surface area contributed by atoms with E-state index in [0.29, 0.717) is 23.9 Å². The summed E-state index contributed by atoms with van der Waals surface area (Å²) in [7, 11) is 1.53. The Balaban J connectivity index is 2.09. The van der Waals surface area contributed by atoms with Crippen LogP contribution in [0.1, 0.15) is 5.56 Å². The zero-order valence-corrected chi connectivity index (χ0v) is 9.55. The van der Waals surface area contributed by atoms with Crippen LogP contribution < -0.4 is 15.8 Å². The molecule has 0 saturated carbocycles. The summed E-state index contributed by atoms with van der Waals surface area (Å²) in [6.07, 6.45) is 1.42. The molecule has 0 spiro atoms. The normalized spacial score (nSPS) is 9.94. The third-order valence-electron chi connectivity index (χ3n) is 2.34. The molecule has 0 bridgehead atoms. The van der Waals surface area contributed by atoms with Crippen molar-refractivity contribution in [1.82, 2.24) is 9.97 Å². The van der Waals surface area contributed by atoms with Crippen molar-refractivity contribution in [3.63, 3.8) is 0 Å². The molecular weight excluding hydrogens is 216 g/mol. The molecule has 2 rings (SSSR count). The largest absolute Gasteiger partial charge is 0.479 e. The van der Waals surface area contributed by atoms with Gasteiger partial charge >= 0.3 is 0 Å². The lowest BCUT2D eigenvalue weighted by Crippen LogP contribution is -2.06. The second-order valence-corrected chi connectivity index (χ2v) is 3.48. The number of hydrogen-bond donors (Lipinski definition) is 2. The van der Waals surface area contributed by atoms with Crippen molar-refractivity contribution in [2.45, 2.75) is 6.54 Å². The fourth-order valence-corrected chi connectivity index (χ4v) is 1.46. The standard InChI is InChI=1S/C12H14N4O/c1-17-12-10(13)11(15-8-16-12)14-7-9-5-3-2-4-6-9/h2-6,8H,7,13H2,1H3,(H,14,15,16). The van der Waals surface area contributed by atoms with Gasteiger partial charge in [-0.25, -0.2) is 4.98 Å². The van der Waals surface area contributed by atoms with Crippen LogP contribution >= 0.6 is 0 Å². The van der Waals surface area contributed by atoms with Crippen molar-refractivity contribution in [2.24, 2.45) is 0 Å². The fourth-order valence-electron chi connectivity index (χ4n) is 1.46. The summed E-state index contributed by atoms with van der Waals surface area (Å²) in [6, 6.07) is 10.0. The van der Waals surface area contributed by atoms with E-state index in [4.69, 9.17) is 10.5 Å². The molecule has 0 aliphatic rings. The van der Waals surface area contributed by atoms with Crippen molar-refractivity contribution >= 4 is 11.5 Å². The van der Waals surface area contributed by atoms with Gasteiger partial charge in [0, 0.05) is 6.54 Å². The maximum atomic E-state index is 5.85. The predicted molar refractivity (Wildman–Crippen MR) is 66.8 cm³/mol.